The molecule has 4 N–H and O–H groups in total. The van der Waals surface area contributed by atoms with E-state index in [4.69, 9.17) is 11.5 Å². The molecule has 0 aromatic heterocycles. The second kappa shape index (κ2) is 6.37. The number of carbonyl (C=O) groups is 2. The van der Waals surface area contributed by atoms with E-state index >= 15 is 0 Å². The second-order valence-corrected chi connectivity index (χ2v) is 3.60. The molecule has 5 heteroatoms. The quantitative estimate of drug-likeness (QED) is 0.595. The molecular formula is C9H19N3O2. The lowest BCUT2D eigenvalue weighted by molar-refractivity contribution is -0.134. The van der Waals surface area contributed by atoms with Crippen molar-refractivity contribution in [2.45, 2.75) is 19.8 Å². The van der Waals surface area contributed by atoms with Gasteiger partial charge in [0.2, 0.25) is 11.8 Å². The van der Waals surface area contributed by atoms with Crippen molar-refractivity contribution < 1.29 is 9.59 Å². The minimum atomic E-state index is -0.493. The highest BCUT2D eigenvalue weighted by Gasteiger charge is 2.11. The molecule has 0 heterocycles. The second-order valence-electron chi connectivity index (χ2n) is 3.60. The summed E-state index contributed by atoms with van der Waals surface area (Å²) < 4.78 is 0. The molecule has 1 unspecified atom stereocenters. The SMILES string of the molecule is CC(CN)CCC(=O)N(C)CC(N)=O. The van der Waals surface area contributed by atoms with Crippen molar-refractivity contribution in [3.05, 3.63) is 0 Å². The molecule has 0 aliphatic carbocycles. The van der Waals surface area contributed by atoms with Gasteiger partial charge in [0, 0.05) is 13.5 Å². The fraction of sp³-hybridized carbons (Fsp3) is 0.778. The van der Waals surface area contributed by atoms with Crippen molar-refractivity contribution in [1.82, 2.24) is 4.90 Å². The lowest BCUT2D eigenvalue weighted by Gasteiger charge is -2.16. The molecule has 0 saturated carbocycles. The maximum absolute atomic E-state index is 11.4. The largest absolute Gasteiger partial charge is 0.368 e. The van der Waals surface area contributed by atoms with Gasteiger partial charge in [-0.2, -0.15) is 0 Å². The molecule has 0 rings (SSSR count). The summed E-state index contributed by atoms with van der Waals surface area (Å²) in [7, 11) is 1.57. The summed E-state index contributed by atoms with van der Waals surface area (Å²) in [4.78, 5) is 23.2. The fourth-order valence-electron chi connectivity index (χ4n) is 1.00. The Morgan fingerprint density at radius 1 is 1.43 bits per heavy atom. The van der Waals surface area contributed by atoms with Gasteiger partial charge in [0.15, 0.2) is 0 Å². The van der Waals surface area contributed by atoms with Crippen molar-refractivity contribution in [3.8, 4) is 0 Å². The van der Waals surface area contributed by atoms with Gasteiger partial charge in [0.25, 0.3) is 0 Å². The molecule has 0 saturated heterocycles. The number of rotatable bonds is 6. The first kappa shape index (κ1) is 12.9. The summed E-state index contributed by atoms with van der Waals surface area (Å²) in [6.45, 7) is 2.55. The molecule has 0 aliphatic rings. The number of primary amides is 1. The molecule has 0 aromatic rings. The Bertz CT molecular complexity index is 206. The minimum absolute atomic E-state index is 0.0180. The van der Waals surface area contributed by atoms with E-state index in [0.29, 0.717) is 18.9 Å². The molecule has 0 aromatic carbocycles. The van der Waals surface area contributed by atoms with E-state index in [1.54, 1.807) is 7.05 Å². The van der Waals surface area contributed by atoms with Gasteiger partial charge >= 0.3 is 0 Å². The van der Waals surface area contributed by atoms with Gasteiger partial charge in [-0.1, -0.05) is 6.92 Å². The van der Waals surface area contributed by atoms with Crippen molar-refractivity contribution in [3.63, 3.8) is 0 Å². The van der Waals surface area contributed by atoms with E-state index in [2.05, 4.69) is 0 Å². The summed E-state index contributed by atoms with van der Waals surface area (Å²) in [5, 5.41) is 0. The highest BCUT2D eigenvalue weighted by molar-refractivity contribution is 5.83. The van der Waals surface area contributed by atoms with Crippen molar-refractivity contribution >= 4 is 11.8 Å². The lowest BCUT2D eigenvalue weighted by atomic mass is 10.1. The number of nitrogens with two attached hydrogens (primary N) is 2. The van der Waals surface area contributed by atoms with E-state index in [1.165, 1.54) is 4.90 Å². The smallest absolute Gasteiger partial charge is 0.237 e. The first-order valence-electron chi connectivity index (χ1n) is 4.69. The van der Waals surface area contributed by atoms with Crippen LogP contribution in [-0.2, 0) is 9.59 Å². The third kappa shape index (κ3) is 5.53. The number of carbonyl (C=O) groups excluding carboxylic acids is 2. The van der Waals surface area contributed by atoms with E-state index in [0.717, 1.165) is 6.42 Å². The van der Waals surface area contributed by atoms with Gasteiger partial charge in [0.1, 0.15) is 0 Å². The maximum Gasteiger partial charge on any atom is 0.237 e. The highest BCUT2D eigenvalue weighted by atomic mass is 16.2. The summed E-state index contributed by atoms with van der Waals surface area (Å²) in [6.07, 6.45) is 1.17. The van der Waals surface area contributed by atoms with Crippen molar-refractivity contribution in [2.24, 2.45) is 17.4 Å². The molecule has 0 bridgehead atoms. The van der Waals surface area contributed by atoms with Crippen LogP contribution in [0.15, 0.2) is 0 Å². The summed E-state index contributed by atoms with van der Waals surface area (Å²) in [5.41, 5.74) is 10.4. The highest BCUT2D eigenvalue weighted by Crippen LogP contribution is 2.04. The maximum atomic E-state index is 11.4. The Morgan fingerprint density at radius 3 is 2.43 bits per heavy atom. The molecule has 0 aliphatic heterocycles. The molecule has 82 valence electrons. The number of likely N-dealkylation sites (N-methyl/N-ethyl adjacent to an activating group) is 1. The van der Waals surface area contributed by atoms with E-state index < -0.39 is 5.91 Å². The van der Waals surface area contributed by atoms with Gasteiger partial charge in [-0.05, 0) is 18.9 Å². The van der Waals surface area contributed by atoms with Crippen LogP contribution in [-0.4, -0.2) is 36.9 Å². The molecule has 0 fully saturated rings. The average Bonchev–Trinajstić information content (AvgIpc) is 2.12. The van der Waals surface area contributed by atoms with Gasteiger partial charge in [-0.3, -0.25) is 9.59 Å². The third-order valence-electron chi connectivity index (χ3n) is 2.07. The zero-order valence-electron chi connectivity index (χ0n) is 8.82. The van der Waals surface area contributed by atoms with Crippen LogP contribution in [0.3, 0.4) is 0 Å². The first-order chi connectivity index (χ1) is 6.47. The number of hydrogen-bond donors (Lipinski definition) is 2. The van der Waals surface area contributed by atoms with Crippen LogP contribution >= 0.6 is 0 Å². The third-order valence-corrected chi connectivity index (χ3v) is 2.07. The Hall–Kier alpha value is -1.10. The molecular weight excluding hydrogens is 182 g/mol. The van der Waals surface area contributed by atoms with Crippen LogP contribution in [0, 0.1) is 5.92 Å². The Balaban J connectivity index is 3.78. The molecule has 2 amide bonds. The summed E-state index contributed by atoms with van der Waals surface area (Å²) in [5.74, 6) is -0.224. The lowest BCUT2D eigenvalue weighted by Crippen LogP contribution is -2.35. The Morgan fingerprint density at radius 2 is 2.00 bits per heavy atom. The molecule has 1 atom stereocenters. The average molecular weight is 201 g/mol. The zero-order chi connectivity index (χ0) is 11.1. The van der Waals surface area contributed by atoms with Crippen LogP contribution in [0.5, 0.6) is 0 Å². The summed E-state index contributed by atoms with van der Waals surface area (Å²) >= 11 is 0. The van der Waals surface area contributed by atoms with E-state index in [-0.39, 0.29) is 12.5 Å². The summed E-state index contributed by atoms with van der Waals surface area (Å²) in [6, 6.07) is 0. The Kier molecular flexibility index (Phi) is 5.87. The number of nitrogens with zero attached hydrogens (tertiary/aromatic N) is 1. The van der Waals surface area contributed by atoms with Gasteiger partial charge in [-0.15, -0.1) is 0 Å². The molecule has 14 heavy (non-hydrogen) atoms. The van der Waals surface area contributed by atoms with Crippen molar-refractivity contribution in [2.75, 3.05) is 20.1 Å². The standard InChI is InChI=1S/C9H19N3O2/c1-7(5-10)3-4-9(14)12(2)6-8(11)13/h7H,3-6,10H2,1-2H3,(H2,11,13). The predicted molar refractivity (Wildman–Crippen MR) is 54.3 cm³/mol. The van der Waals surface area contributed by atoms with E-state index in [9.17, 15) is 9.59 Å². The van der Waals surface area contributed by atoms with Crippen LogP contribution in [0.4, 0.5) is 0 Å². The van der Waals surface area contributed by atoms with Crippen molar-refractivity contribution in [1.29, 1.82) is 0 Å². The van der Waals surface area contributed by atoms with Gasteiger partial charge in [0.05, 0.1) is 6.54 Å². The molecule has 5 nitrogen and oxygen atoms in total. The van der Waals surface area contributed by atoms with Crippen LogP contribution in [0.1, 0.15) is 19.8 Å². The van der Waals surface area contributed by atoms with Crippen LogP contribution in [0.25, 0.3) is 0 Å². The number of amides is 2. The normalized spacial score (nSPS) is 12.2. The van der Waals surface area contributed by atoms with Gasteiger partial charge in [-0.25, -0.2) is 0 Å². The monoisotopic (exact) mass is 201 g/mol. The Labute approximate surface area is 84.4 Å². The van der Waals surface area contributed by atoms with Crippen LogP contribution in [0.2, 0.25) is 0 Å². The van der Waals surface area contributed by atoms with Crippen LogP contribution < -0.4 is 11.5 Å². The molecule has 0 spiro atoms. The van der Waals surface area contributed by atoms with Gasteiger partial charge < -0.3 is 16.4 Å². The molecule has 0 radical (unpaired) electrons. The zero-order valence-corrected chi connectivity index (χ0v) is 8.82. The minimum Gasteiger partial charge on any atom is -0.368 e. The number of hydrogen-bond acceptors (Lipinski definition) is 3. The van der Waals surface area contributed by atoms with E-state index in [1.807, 2.05) is 6.92 Å². The first-order valence-corrected chi connectivity index (χ1v) is 4.69. The predicted octanol–water partition coefficient (Wildman–Crippen LogP) is -0.695. The topological polar surface area (TPSA) is 89.4 Å². The fourth-order valence-corrected chi connectivity index (χ4v) is 1.00.